The molecule has 1 atom stereocenters. The quantitative estimate of drug-likeness (QED) is 0.235. The first-order valence-electron chi connectivity index (χ1n) is 15.5. The average Bonchev–Trinajstić information content (AvgIpc) is 2.98. The van der Waals surface area contributed by atoms with Gasteiger partial charge in [-0.3, -0.25) is 19.2 Å². The predicted molar refractivity (Wildman–Crippen MR) is 155 cm³/mol. The van der Waals surface area contributed by atoms with E-state index in [0.717, 1.165) is 42.6 Å². The van der Waals surface area contributed by atoms with Gasteiger partial charge in [-0.2, -0.15) is 0 Å². The van der Waals surface area contributed by atoms with Gasteiger partial charge in [0.05, 0.1) is 11.8 Å². The van der Waals surface area contributed by atoms with E-state index in [1.54, 1.807) is 0 Å². The molecule has 41 heavy (non-hydrogen) atoms. The SMILES string of the molecule is C=CC(=O)NCCCC[C@H](CC(=O)OCc1ccccc1)C(=O)N1CCN(C(=O)C23CC4CC(CC(C4)C2)C3)CC1. The summed E-state index contributed by atoms with van der Waals surface area (Å²) in [5, 5.41) is 2.76. The Hall–Kier alpha value is -3.16. The molecule has 4 saturated carbocycles. The highest BCUT2D eigenvalue weighted by molar-refractivity contribution is 5.87. The smallest absolute Gasteiger partial charge is 0.306 e. The van der Waals surface area contributed by atoms with Crippen LogP contribution in [0.5, 0.6) is 0 Å². The van der Waals surface area contributed by atoms with Gasteiger partial charge in [-0.25, -0.2) is 0 Å². The molecule has 4 aliphatic carbocycles. The molecule has 4 bridgehead atoms. The zero-order chi connectivity index (χ0) is 28.8. The van der Waals surface area contributed by atoms with Gasteiger partial charge in [-0.1, -0.05) is 43.3 Å². The van der Waals surface area contributed by atoms with Crippen LogP contribution >= 0.6 is 0 Å². The number of carbonyl (C=O) groups excluding carboxylic acids is 4. The van der Waals surface area contributed by atoms with E-state index >= 15 is 0 Å². The fourth-order valence-electron chi connectivity index (χ4n) is 8.21. The Bertz CT molecular complexity index is 1080. The predicted octanol–water partition coefficient (Wildman–Crippen LogP) is 4.10. The molecule has 0 spiro atoms. The van der Waals surface area contributed by atoms with Gasteiger partial charge in [0.1, 0.15) is 6.61 Å². The van der Waals surface area contributed by atoms with E-state index in [0.29, 0.717) is 57.9 Å². The van der Waals surface area contributed by atoms with E-state index in [1.807, 2.05) is 40.1 Å². The number of nitrogens with one attached hydrogen (secondary N) is 1. The number of nitrogens with zero attached hydrogens (tertiary/aromatic N) is 2. The molecule has 1 aromatic carbocycles. The first-order valence-corrected chi connectivity index (χ1v) is 15.5. The molecule has 6 rings (SSSR count). The highest BCUT2D eigenvalue weighted by Crippen LogP contribution is 2.60. The number of ether oxygens (including phenoxy) is 1. The van der Waals surface area contributed by atoms with Crippen molar-refractivity contribution in [3.8, 4) is 0 Å². The second kappa shape index (κ2) is 13.2. The summed E-state index contributed by atoms with van der Waals surface area (Å²) >= 11 is 0. The van der Waals surface area contributed by atoms with E-state index in [9.17, 15) is 19.2 Å². The van der Waals surface area contributed by atoms with Crippen molar-refractivity contribution in [2.75, 3.05) is 32.7 Å². The average molecular weight is 564 g/mol. The normalized spacial score (nSPS) is 27.3. The molecule has 8 heteroatoms. The van der Waals surface area contributed by atoms with Crippen molar-refractivity contribution in [1.29, 1.82) is 0 Å². The van der Waals surface area contributed by atoms with E-state index in [-0.39, 0.29) is 36.2 Å². The number of carbonyl (C=O) groups is 4. The van der Waals surface area contributed by atoms with Crippen LogP contribution in [-0.4, -0.2) is 66.2 Å². The monoisotopic (exact) mass is 563 g/mol. The van der Waals surface area contributed by atoms with Crippen molar-refractivity contribution < 1.29 is 23.9 Å². The summed E-state index contributed by atoms with van der Waals surface area (Å²) in [5.74, 6) is 1.36. The Labute approximate surface area is 243 Å². The lowest BCUT2D eigenvalue weighted by molar-refractivity contribution is -0.161. The van der Waals surface area contributed by atoms with Crippen molar-refractivity contribution in [2.45, 2.75) is 70.8 Å². The number of hydrogen-bond acceptors (Lipinski definition) is 5. The van der Waals surface area contributed by atoms with Crippen molar-refractivity contribution >= 4 is 23.7 Å². The van der Waals surface area contributed by atoms with E-state index < -0.39 is 5.92 Å². The van der Waals surface area contributed by atoms with Gasteiger partial charge in [0.15, 0.2) is 0 Å². The lowest BCUT2D eigenvalue weighted by atomic mass is 9.49. The molecular weight excluding hydrogens is 518 g/mol. The molecule has 5 fully saturated rings. The summed E-state index contributed by atoms with van der Waals surface area (Å²) < 4.78 is 5.50. The largest absolute Gasteiger partial charge is 0.461 e. The van der Waals surface area contributed by atoms with Gasteiger partial charge >= 0.3 is 5.97 Å². The molecule has 1 N–H and O–H groups in total. The first kappa shape index (κ1) is 29.3. The van der Waals surface area contributed by atoms with Crippen LogP contribution in [0.15, 0.2) is 43.0 Å². The molecule has 1 aromatic rings. The summed E-state index contributed by atoms with van der Waals surface area (Å²) in [6.07, 6.45) is 10.3. The molecule has 1 saturated heterocycles. The number of benzene rings is 1. The summed E-state index contributed by atoms with van der Waals surface area (Å²) in [4.78, 5) is 55.5. The number of rotatable bonds is 12. The topological polar surface area (TPSA) is 96.0 Å². The second-order valence-electron chi connectivity index (χ2n) is 12.9. The number of amides is 3. The summed E-state index contributed by atoms with van der Waals surface area (Å²) in [6, 6.07) is 9.51. The molecule has 8 nitrogen and oxygen atoms in total. The standard InChI is InChI=1S/C33H45N3O5/c1-2-29(37)34-11-7-6-10-28(19-30(38)41-23-24-8-4-3-5-9-24)31(39)35-12-14-36(15-13-35)32(40)33-20-25-16-26(21-33)18-27(17-25)22-33/h2-5,8-9,25-28H,1,6-7,10-23H2,(H,34,37)/t25?,26?,27?,28-,33?/m1/s1. The van der Waals surface area contributed by atoms with E-state index in [1.165, 1.54) is 25.3 Å². The van der Waals surface area contributed by atoms with Crippen LogP contribution in [0.2, 0.25) is 0 Å². The highest BCUT2D eigenvalue weighted by atomic mass is 16.5. The highest BCUT2D eigenvalue weighted by Gasteiger charge is 2.55. The molecule has 5 aliphatic rings. The second-order valence-corrected chi connectivity index (χ2v) is 12.9. The lowest BCUT2D eigenvalue weighted by Gasteiger charge is -2.57. The zero-order valence-corrected chi connectivity index (χ0v) is 24.2. The molecule has 3 amide bonds. The maximum Gasteiger partial charge on any atom is 0.306 e. The minimum absolute atomic E-state index is 0.0249. The number of unbranched alkanes of at least 4 members (excludes halogenated alkanes) is 1. The number of hydrogen-bond donors (Lipinski definition) is 1. The Morgan fingerprint density at radius 1 is 0.927 bits per heavy atom. The summed E-state index contributed by atoms with van der Waals surface area (Å²) in [7, 11) is 0. The number of esters is 1. The van der Waals surface area contributed by atoms with Crippen LogP contribution in [-0.2, 0) is 30.5 Å². The molecule has 1 heterocycles. The van der Waals surface area contributed by atoms with Crippen LogP contribution in [0.3, 0.4) is 0 Å². The third-order valence-electron chi connectivity index (χ3n) is 9.84. The summed E-state index contributed by atoms with van der Waals surface area (Å²) in [6.45, 7) is 6.26. The number of piperazine rings is 1. The Kier molecular flexibility index (Phi) is 9.46. The van der Waals surface area contributed by atoms with E-state index in [2.05, 4.69) is 11.9 Å². The molecule has 1 aliphatic heterocycles. The van der Waals surface area contributed by atoms with Gasteiger partial charge in [-0.05, 0) is 80.8 Å². The third-order valence-corrected chi connectivity index (χ3v) is 9.84. The molecule has 222 valence electrons. The van der Waals surface area contributed by atoms with Crippen molar-refractivity contribution in [2.24, 2.45) is 29.1 Å². The van der Waals surface area contributed by atoms with Gasteiger partial charge in [0.2, 0.25) is 17.7 Å². The summed E-state index contributed by atoms with van der Waals surface area (Å²) in [5.41, 5.74) is 0.744. The molecular formula is C33H45N3O5. The first-order chi connectivity index (χ1) is 19.8. The minimum Gasteiger partial charge on any atom is -0.461 e. The van der Waals surface area contributed by atoms with Crippen LogP contribution < -0.4 is 5.32 Å². The van der Waals surface area contributed by atoms with Crippen molar-refractivity contribution in [3.63, 3.8) is 0 Å². The van der Waals surface area contributed by atoms with Gasteiger partial charge in [0.25, 0.3) is 0 Å². The van der Waals surface area contributed by atoms with Crippen LogP contribution in [0, 0.1) is 29.1 Å². The Balaban J connectivity index is 1.14. The minimum atomic E-state index is -0.487. The van der Waals surface area contributed by atoms with Crippen LogP contribution in [0.1, 0.15) is 69.8 Å². The van der Waals surface area contributed by atoms with E-state index in [4.69, 9.17) is 4.74 Å². The Morgan fingerprint density at radius 3 is 2.15 bits per heavy atom. The van der Waals surface area contributed by atoms with Gasteiger partial charge < -0.3 is 19.9 Å². The van der Waals surface area contributed by atoms with Crippen molar-refractivity contribution in [1.82, 2.24) is 15.1 Å². The van der Waals surface area contributed by atoms with Gasteiger partial charge in [-0.15, -0.1) is 0 Å². The van der Waals surface area contributed by atoms with Crippen molar-refractivity contribution in [3.05, 3.63) is 48.6 Å². The fourth-order valence-corrected chi connectivity index (χ4v) is 8.21. The molecule has 0 radical (unpaired) electrons. The Morgan fingerprint density at radius 2 is 1.54 bits per heavy atom. The van der Waals surface area contributed by atoms with Gasteiger partial charge in [0, 0.05) is 38.6 Å². The molecule has 0 aromatic heterocycles. The molecule has 0 unspecified atom stereocenters. The third kappa shape index (κ3) is 7.19. The van der Waals surface area contributed by atoms with Crippen LogP contribution in [0.4, 0.5) is 0 Å². The maximum atomic E-state index is 13.8. The lowest BCUT2D eigenvalue weighted by Crippen LogP contribution is -2.59. The van der Waals surface area contributed by atoms with Crippen LogP contribution in [0.25, 0.3) is 0 Å². The zero-order valence-electron chi connectivity index (χ0n) is 24.2. The maximum absolute atomic E-state index is 13.8. The fraction of sp³-hybridized carbons (Fsp3) is 0.636.